The van der Waals surface area contributed by atoms with Gasteiger partial charge < -0.3 is 5.11 Å². The lowest BCUT2D eigenvalue weighted by molar-refractivity contribution is 0.273. The average molecular weight is 502 g/mol. The van der Waals surface area contributed by atoms with Gasteiger partial charge in [-0.25, -0.2) is 9.97 Å². The number of halogens is 3. The number of aryl methyl sites for hydroxylation is 1. The highest BCUT2D eigenvalue weighted by Crippen LogP contribution is 2.37. The van der Waals surface area contributed by atoms with Crippen LogP contribution < -0.4 is 0 Å². The fourth-order valence-corrected chi connectivity index (χ4v) is 4.99. The van der Waals surface area contributed by atoms with Crippen molar-refractivity contribution in [3.63, 3.8) is 0 Å². The van der Waals surface area contributed by atoms with Crippen molar-refractivity contribution in [3.05, 3.63) is 61.7 Å². The SMILES string of the molecule is Cc1ncc(Br)c(Cc2c(CO)nn(C(C)C)c2Sc2cc(Cl)cc(Cl)c2)n1. The van der Waals surface area contributed by atoms with Crippen LogP contribution >= 0.6 is 50.9 Å². The van der Waals surface area contributed by atoms with Crippen LogP contribution in [0.4, 0.5) is 0 Å². The van der Waals surface area contributed by atoms with Crippen LogP contribution in [0.5, 0.6) is 0 Å². The number of rotatable bonds is 6. The molecule has 0 spiro atoms. The van der Waals surface area contributed by atoms with E-state index in [2.05, 4.69) is 44.8 Å². The van der Waals surface area contributed by atoms with Crippen molar-refractivity contribution in [2.75, 3.05) is 0 Å². The van der Waals surface area contributed by atoms with Crippen molar-refractivity contribution in [2.24, 2.45) is 0 Å². The number of nitrogens with zero attached hydrogens (tertiary/aromatic N) is 4. The van der Waals surface area contributed by atoms with Gasteiger partial charge in [-0.2, -0.15) is 5.10 Å². The van der Waals surface area contributed by atoms with Crippen LogP contribution in [0.3, 0.4) is 0 Å². The van der Waals surface area contributed by atoms with E-state index in [0.717, 1.165) is 25.7 Å². The summed E-state index contributed by atoms with van der Waals surface area (Å²) >= 11 is 17.4. The Morgan fingerprint density at radius 1 is 1.18 bits per heavy atom. The summed E-state index contributed by atoms with van der Waals surface area (Å²) < 4.78 is 2.74. The van der Waals surface area contributed by atoms with Crippen molar-refractivity contribution < 1.29 is 5.11 Å². The second-order valence-corrected chi connectivity index (χ2v) is 9.31. The largest absolute Gasteiger partial charge is 0.390 e. The van der Waals surface area contributed by atoms with Gasteiger partial charge in [0.1, 0.15) is 10.9 Å². The molecular formula is C19H19BrCl2N4OS. The Labute approximate surface area is 186 Å². The summed E-state index contributed by atoms with van der Waals surface area (Å²) in [6.07, 6.45) is 2.26. The van der Waals surface area contributed by atoms with Crippen LogP contribution in [0.1, 0.15) is 42.7 Å². The Bertz CT molecular complexity index is 990. The van der Waals surface area contributed by atoms with Crippen LogP contribution in [0.25, 0.3) is 0 Å². The minimum absolute atomic E-state index is 0.117. The molecule has 148 valence electrons. The molecule has 2 heterocycles. The van der Waals surface area contributed by atoms with Crippen LogP contribution in [0.15, 0.2) is 38.8 Å². The maximum atomic E-state index is 9.92. The first-order chi connectivity index (χ1) is 13.3. The van der Waals surface area contributed by atoms with Gasteiger partial charge in [0.15, 0.2) is 0 Å². The van der Waals surface area contributed by atoms with Gasteiger partial charge in [-0.15, -0.1) is 0 Å². The van der Waals surface area contributed by atoms with Crippen LogP contribution in [0.2, 0.25) is 10.0 Å². The number of hydrogen-bond acceptors (Lipinski definition) is 5. The Hall–Kier alpha value is -1.12. The number of aliphatic hydroxyl groups excluding tert-OH is 1. The molecule has 5 nitrogen and oxygen atoms in total. The van der Waals surface area contributed by atoms with E-state index in [1.807, 2.05) is 23.7 Å². The van der Waals surface area contributed by atoms with Gasteiger partial charge in [-0.3, -0.25) is 4.68 Å². The predicted molar refractivity (Wildman–Crippen MR) is 116 cm³/mol. The molecule has 3 rings (SSSR count). The number of aliphatic hydroxyl groups is 1. The molecule has 0 radical (unpaired) electrons. The molecule has 3 aromatic rings. The van der Waals surface area contributed by atoms with Gasteiger partial charge in [0.25, 0.3) is 0 Å². The summed E-state index contributed by atoms with van der Waals surface area (Å²) in [5, 5.41) is 16.6. The molecule has 0 fully saturated rings. The molecule has 0 aliphatic heterocycles. The lowest BCUT2D eigenvalue weighted by atomic mass is 10.1. The third kappa shape index (κ3) is 4.89. The van der Waals surface area contributed by atoms with E-state index in [0.29, 0.717) is 28.0 Å². The van der Waals surface area contributed by atoms with E-state index < -0.39 is 0 Å². The highest BCUT2D eigenvalue weighted by molar-refractivity contribution is 9.10. The average Bonchev–Trinajstić information content (AvgIpc) is 2.95. The highest BCUT2D eigenvalue weighted by Gasteiger charge is 2.22. The summed E-state index contributed by atoms with van der Waals surface area (Å²) in [5.74, 6) is 0.691. The van der Waals surface area contributed by atoms with Crippen LogP contribution in [0, 0.1) is 6.92 Å². The summed E-state index contributed by atoms with van der Waals surface area (Å²) in [5.41, 5.74) is 2.40. The third-order valence-electron chi connectivity index (χ3n) is 4.01. The summed E-state index contributed by atoms with van der Waals surface area (Å²) in [6, 6.07) is 5.55. The number of aromatic nitrogens is 4. The molecule has 2 aromatic heterocycles. The first-order valence-corrected chi connectivity index (χ1v) is 11.0. The maximum absolute atomic E-state index is 9.92. The lowest BCUT2D eigenvalue weighted by Crippen LogP contribution is -2.05. The van der Waals surface area contributed by atoms with Crippen molar-refractivity contribution in [1.82, 2.24) is 19.7 Å². The monoisotopic (exact) mass is 500 g/mol. The van der Waals surface area contributed by atoms with E-state index in [4.69, 9.17) is 23.2 Å². The number of hydrogen-bond donors (Lipinski definition) is 1. The third-order valence-corrected chi connectivity index (χ3v) is 6.21. The zero-order valence-corrected chi connectivity index (χ0v) is 19.5. The van der Waals surface area contributed by atoms with E-state index in [9.17, 15) is 5.11 Å². The van der Waals surface area contributed by atoms with Crippen LogP contribution in [-0.4, -0.2) is 24.9 Å². The minimum Gasteiger partial charge on any atom is -0.390 e. The molecule has 28 heavy (non-hydrogen) atoms. The fraction of sp³-hybridized carbons (Fsp3) is 0.316. The van der Waals surface area contributed by atoms with E-state index in [1.165, 1.54) is 11.8 Å². The second kappa shape index (κ2) is 9.13. The molecule has 0 aliphatic carbocycles. The quantitative estimate of drug-likeness (QED) is 0.457. The Morgan fingerprint density at radius 3 is 2.46 bits per heavy atom. The van der Waals surface area contributed by atoms with Gasteiger partial charge in [0, 0.05) is 39.2 Å². The Morgan fingerprint density at radius 2 is 1.86 bits per heavy atom. The van der Waals surface area contributed by atoms with Crippen molar-refractivity contribution in [3.8, 4) is 0 Å². The molecule has 0 saturated carbocycles. The van der Waals surface area contributed by atoms with Gasteiger partial charge in [-0.05, 0) is 54.9 Å². The molecular weight excluding hydrogens is 483 g/mol. The number of benzene rings is 1. The molecule has 0 bridgehead atoms. The second-order valence-electron chi connectivity index (χ2n) is 6.52. The molecule has 0 atom stereocenters. The highest BCUT2D eigenvalue weighted by atomic mass is 79.9. The van der Waals surface area contributed by atoms with Gasteiger partial charge in [0.2, 0.25) is 0 Å². The minimum atomic E-state index is -0.152. The van der Waals surface area contributed by atoms with E-state index in [1.54, 1.807) is 12.3 Å². The first kappa shape index (κ1) is 21.6. The topological polar surface area (TPSA) is 63.8 Å². The summed E-state index contributed by atoms with van der Waals surface area (Å²) in [7, 11) is 0. The predicted octanol–water partition coefficient (Wildman–Crippen LogP) is 5.87. The normalized spacial score (nSPS) is 11.4. The molecule has 0 amide bonds. The zero-order valence-electron chi connectivity index (χ0n) is 15.6. The zero-order chi connectivity index (χ0) is 20.4. The first-order valence-electron chi connectivity index (χ1n) is 8.61. The fourth-order valence-electron chi connectivity index (χ4n) is 2.75. The molecule has 1 N–H and O–H groups in total. The van der Waals surface area contributed by atoms with Gasteiger partial charge >= 0.3 is 0 Å². The molecule has 1 aromatic carbocycles. The molecule has 0 saturated heterocycles. The molecule has 9 heteroatoms. The van der Waals surface area contributed by atoms with Crippen molar-refractivity contribution >= 4 is 50.9 Å². The van der Waals surface area contributed by atoms with E-state index in [-0.39, 0.29) is 12.6 Å². The maximum Gasteiger partial charge on any atom is 0.125 e. The van der Waals surface area contributed by atoms with Crippen molar-refractivity contribution in [2.45, 2.75) is 49.8 Å². The lowest BCUT2D eigenvalue weighted by Gasteiger charge is -2.13. The van der Waals surface area contributed by atoms with Gasteiger partial charge in [-0.1, -0.05) is 35.0 Å². The van der Waals surface area contributed by atoms with Crippen molar-refractivity contribution in [1.29, 1.82) is 0 Å². The molecule has 0 unspecified atom stereocenters. The van der Waals surface area contributed by atoms with Gasteiger partial charge in [0.05, 0.1) is 22.5 Å². The molecule has 0 aliphatic rings. The summed E-state index contributed by atoms with van der Waals surface area (Å²) in [4.78, 5) is 9.66. The smallest absolute Gasteiger partial charge is 0.125 e. The van der Waals surface area contributed by atoms with Crippen LogP contribution in [-0.2, 0) is 13.0 Å². The Kier molecular flexibility index (Phi) is 7.04. The standard InChI is InChI=1S/C19H19BrCl2N4OS/c1-10(2)26-19(28-14-5-12(21)4-13(22)6-14)15(18(9-27)25-26)7-17-16(20)8-23-11(3)24-17/h4-6,8,10,27H,7,9H2,1-3H3. The summed E-state index contributed by atoms with van der Waals surface area (Å²) in [6.45, 7) is 5.81. The Balaban J connectivity index is 2.10. The van der Waals surface area contributed by atoms with E-state index >= 15 is 0 Å².